The van der Waals surface area contributed by atoms with Gasteiger partial charge in [-0.2, -0.15) is 4.39 Å². The van der Waals surface area contributed by atoms with E-state index in [-0.39, 0.29) is 22.8 Å². The first-order valence-corrected chi connectivity index (χ1v) is 10.8. The van der Waals surface area contributed by atoms with Crippen LogP contribution < -0.4 is 4.74 Å². The van der Waals surface area contributed by atoms with Crippen LogP contribution in [0.25, 0.3) is 11.1 Å². The van der Waals surface area contributed by atoms with Crippen molar-refractivity contribution in [2.75, 3.05) is 0 Å². The lowest BCUT2D eigenvalue weighted by molar-refractivity contribution is 0.306. The summed E-state index contributed by atoms with van der Waals surface area (Å²) in [6.07, 6.45) is 12.7. The van der Waals surface area contributed by atoms with Gasteiger partial charge in [0, 0.05) is 11.1 Å². The van der Waals surface area contributed by atoms with Gasteiger partial charge in [-0.1, -0.05) is 30.4 Å². The van der Waals surface area contributed by atoms with Crippen LogP contribution in [0.1, 0.15) is 63.9 Å². The van der Waals surface area contributed by atoms with Gasteiger partial charge < -0.3 is 4.74 Å². The van der Waals surface area contributed by atoms with Gasteiger partial charge in [-0.05, 0) is 81.9 Å². The molecule has 2 aromatic carbocycles. The topological polar surface area (TPSA) is 9.23 Å². The van der Waals surface area contributed by atoms with Crippen molar-refractivity contribution < 1.29 is 22.3 Å². The Bertz CT molecular complexity index is 956. The molecular weight excluding hydrogens is 404 g/mol. The van der Waals surface area contributed by atoms with Crippen molar-refractivity contribution in [3.05, 3.63) is 77.6 Å². The highest BCUT2D eigenvalue weighted by molar-refractivity contribution is 5.66. The largest absolute Gasteiger partial charge is 0.462 e. The lowest BCUT2D eigenvalue weighted by Crippen LogP contribution is -2.15. The molecule has 166 valence electrons. The van der Waals surface area contributed by atoms with Gasteiger partial charge in [-0.3, -0.25) is 0 Å². The SMILES string of the molecule is CC=CCCC1CCC(c2ccc(-c3ccc(OC=CC)c(F)c3F)c(F)c2F)CC1. The number of hydrogen-bond acceptors (Lipinski definition) is 1. The molecule has 3 rings (SSSR count). The van der Waals surface area contributed by atoms with E-state index in [4.69, 9.17) is 4.74 Å². The summed E-state index contributed by atoms with van der Waals surface area (Å²) >= 11 is 0. The number of ether oxygens (including phenoxy) is 1. The van der Waals surface area contributed by atoms with E-state index >= 15 is 0 Å². The third-order valence-electron chi connectivity index (χ3n) is 6.04. The molecule has 0 heterocycles. The molecule has 0 unspecified atom stereocenters. The molecule has 1 nitrogen and oxygen atoms in total. The smallest absolute Gasteiger partial charge is 0.201 e. The number of benzene rings is 2. The lowest BCUT2D eigenvalue weighted by atomic mass is 9.77. The standard InChI is InChI=1S/C26H28F4O/c1-3-5-6-7-17-8-10-18(11-9-17)19-12-13-20(24(28)23(19)27)21-14-15-22(31-16-4-2)26(30)25(21)29/h3-5,12-18H,6-11H2,1-2H3. The molecule has 0 saturated heterocycles. The van der Waals surface area contributed by atoms with E-state index in [0.717, 1.165) is 38.5 Å². The summed E-state index contributed by atoms with van der Waals surface area (Å²) in [6.45, 7) is 3.67. The van der Waals surface area contributed by atoms with Crippen molar-refractivity contribution in [3.8, 4) is 16.9 Å². The Morgan fingerprint density at radius 2 is 1.45 bits per heavy atom. The summed E-state index contributed by atoms with van der Waals surface area (Å²) in [7, 11) is 0. The fraction of sp³-hybridized carbons (Fsp3) is 0.385. The molecule has 0 atom stereocenters. The first-order valence-electron chi connectivity index (χ1n) is 10.8. The van der Waals surface area contributed by atoms with E-state index < -0.39 is 23.3 Å². The van der Waals surface area contributed by atoms with E-state index in [1.165, 1.54) is 36.6 Å². The average molecular weight is 433 g/mol. The minimum atomic E-state index is -1.27. The van der Waals surface area contributed by atoms with Gasteiger partial charge in [-0.15, -0.1) is 0 Å². The third kappa shape index (κ3) is 5.20. The van der Waals surface area contributed by atoms with Crippen molar-refractivity contribution >= 4 is 0 Å². The molecule has 1 saturated carbocycles. The van der Waals surface area contributed by atoms with Crippen LogP contribution in [0.4, 0.5) is 17.6 Å². The monoisotopic (exact) mass is 432 g/mol. The van der Waals surface area contributed by atoms with E-state index in [2.05, 4.69) is 6.08 Å². The number of hydrogen-bond donors (Lipinski definition) is 0. The predicted octanol–water partition coefficient (Wildman–Crippen LogP) is 8.45. The Morgan fingerprint density at radius 1 is 0.806 bits per heavy atom. The van der Waals surface area contributed by atoms with Gasteiger partial charge in [0.15, 0.2) is 23.2 Å². The quantitative estimate of drug-likeness (QED) is 0.242. The summed E-state index contributed by atoms with van der Waals surface area (Å²) in [6, 6.07) is 5.26. The van der Waals surface area contributed by atoms with Crippen molar-refractivity contribution in [1.29, 1.82) is 0 Å². The van der Waals surface area contributed by atoms with Crippen molar-refractivity contribution in [3.63, 3.8) is 0 Å². The molecule has 0 aromatic heterocycles. The van der Waals surface area contributed by atoms with Gasteiger partial charge in [0.2, 0.25) is 5.82 Å². The number of halogens is 4. The molecule has 0 amide bonds. The maximum Gasteiger partial charge on any atom is 0.201 e. The zero-order chi connectivity index (χ0) is 22.4. The van der Waals surface area contributed by atoms with Gasteiger partial charge in [0.1, 0.15) is 0 Å². The Hall–Kier alpha value is -2.56. The van der Waals surface area contributed by atoms with Crippen LogP contribution in [0.15, 0.2) is 48.8 Å². The number of rotatable bonds is 7. The molecule has 0 spiro atoms. The maximum absolute atomic E-state index is 14.9. The predicted molar refractivity (Wildman–Crippen MR) is 116 cm³/mol. The molecule has 31 heavy (non-hydrogen) atoms. The Kier molecular flexibility index (Phi) is 7.94. The van der Waals surface area contributed by atoms with Crippen molar-refractivity contribution in [2.45, 2.75) is 58.3 Å². The minimum Gasteiger partial charge on any atom is -0.462 e. The highest BCUT2D eigenvalue weighted by Gasteiger charge is 2.27. The van der Waals surface area contributed by atoms with Crippen molar-refractivity contribution in [2.24, 2.45) is 5.92 Å². The van der Waals surface area contributed by atoms with E-state index in [0.29, 0.717) is 11.5 Å². The molecule has 1 fully saturated rings. The second-order valence-corrected chi connectivity index (χ2v) is 8.02. The van der Waals surface area contributed by atoms with Crippen LogP contribution in [0.2, 0.25) is 0 Å². The zero-order valence-corrected chi connectivity index (χ0v) is 17.9. The molecule has 5 heteroatoms. The van der Waals surface area contributed by atoms with Gasteiger partial charge in [0.25, 0.3) is 0 Å². The summed E-state index contributed by atoms with van der Waals surface area (Å²) < 4.78 is 63.6. The molecule has 2 aromatic rings. The van der Waals surface area contributed by atoms with Crippen LogP contribution in [-0.2, 0) is 0 Å². The first kappa shape index (κ1) is 23.1. The normalized spacial score (nSPS) is 19.4. The fourth-order valence-electron chi connectivity index (χ4n) is 4.32. The molecular formula is C26H28F4O. The summed E-state index contributed by atoms with van der Waals surface area (Å²) in [4.78, 5) is 0. The van der Waals surface area contributed by atoms with Gasteiger partial charge in [-0.25, -0.2) is 13.2 Å². The van der Waals surface area contributed by atoms with Crippen LogP contribution in [0.5, 0.6) is 5.75 Å². The minimum absolute atomic E-state index is 0.0558. The highest BCUT2D eigenvalue weighted by atomic mass is 19.2. The molecule has 0 N–H and O–H groups in total. The van der Waals surface area contributed by atoms with Crippen LogP contribution in [0, 0.1) is 29.2 Å². The van der Waals surface area contributed by atoms with Crippen LogP contribution >= 0.6 is 0 Å². The zero-order valence-electron chi connectivity index (χ0n) is 17.9. The third-order valence-corrected chi connectivity index (χ3v) is 6.04. The molecule has 0 bridgehead atoms. The Labute approximate surface area is 181 Å². The molecule has 0 aliphatic heterocycles. The maximum atomic E-state index is 14.9. The molecule has 1 aliphatic carbocycles. The first-order chi connectivity index (χ1) is 15.0. The molecule has 1 aliphatic rings. The van der Waals surface area contributed by atoms with Gasteiger partial charge in [0.05, 0.1) is 6.26 Å². The van der Waals surface area contributed by atoms with Crippen LogP contribution in [-0.4, -0.2) is 0 Å². The lowest BCUT2D eigenvalue weighted by Gasteiger charge is -2.29. The summed E-state index contributed by atoms with van der Waals surface area (Å²) in [5.74, 6) is -4.38. The molecule has 0 radical (unpaired) electrons. The highest BCUT2D eigenvalue weighted by Crippen LogP contribution is 2.41. The van der Waals surface area contributed by atoms with Crippen molar-refractivity contribution in [1.82, 2.24) is 0 Å². The Balaban J connectivity index is 1.80. The summed E-state index contributed by atoms with van der Waals surface area (Å²) in [5.41, 5.74) is -0.307. The summed E-state index contributed by atoms with van der Waals surface area (Å²) in [5, 5.41) is 0. The fourth-order valence-corrected chi connectivity index (χ4v) is 4.32. The average Bonchev–Trinajstić information content (AvgIpc) is 2.78. The van der Waals surface area contributed by atoms with Crippen LogP contribution in [0.3, 0.4) is 0 Å². The van der Waals surface area contributed by atoms with E-state index in [1.54, 1.807) is 6.92 Å². The van der Waals surface area contributed by atoms with E-state index in [9.17, 15) is 17.6 Å². The van der Waals surface area contributed by atoms with E-state index in [1.807, 2.05) is 13.0 Å². The second-order valence-electron chi connectivity index (χ2n) is 8.02. The Morgan fingerprint density at radius 3 is 2.10 bits per heavy atom. The number of allylic oxidation sites excluding steroid dienone is 3. The second kappa shape index (κ2) is 10.7. The van der Waals surface area contributed by atoms with Gasteiger partial charge >= 0.3 is 0 Å².